The van der Waals surface area contributed by atoms with Gasteiger partial charge in [-0.25, -0.2) is 0 Å². The minimum atomic E-state index is 0. The second kappa shape index (κ2) is 7.13. The van der Waals surface area contributed by atoms with Gasteiger partial charge in [-0.1, -0.05) is 55.3 Å². The molecule has 0 radical (unpaired) electrons. The lowest BCUT2D eigenvalue weighted by molar-refractivity contribution is -0.00000456. The van der Waals surface area contributed by atoms with Crippen molar-refractivity contribution >= 4 is 22.5 Å². The van der Waals surface area contributed by atoms with E-state index in [9.17, 15) is 0 Å². The molecule has 0 N–H and O–H groups in total. The summed E-state index contributed by atoms with van der Waals surface area (Å²) in [6, 6.07) is 16.8. The van der Waals surface area contributed by atoms with E-state index in [1.54, 1.807) is 0 Å². The number of hydrogen-bond donors (Lipinski definition) is 0. The van der Waals surface area contributed by atoms with Crippen LogP contribution in [-0.4, -0.2) is 4.98 Å². The third-order valence-corrected chi connectivity index (χ3v) is 5.29. The highest BCUT2D eigenvalue weighted by Gasteiger charge is 2.23. The second-order valence-corrected chi connectivity index (χ2v) is 6.89. The molecule has 0 amide bonds. The van der Waals surface area contributed by atoms with Crippen LogP contribution in [-0.2, 0) is 12.8 Å². The molecule has 1 nitrogen and oxygen atoms in total. The molecular weight excluding hydrogens is 337 g/mol. The maximum Gasteiger partial charge on any atom is 0.0712 e. The van der Waals surface area contributed by atoms with Crippen LogP contribution in [0.5, 0.6) is 0 Å². The lowest BCUT2D eigenvalue weighted by Crippen LogP contribution is -3.00. The van der Waals surface area contributed by atoms with E-state index in [0.29, 0.717) is 0 Å². The number of aryl methyl sites for hydroxylation is 1. The van der Waals surface area contributed by atoms with Crippen molar-refractivity contribution in [2.75, 3.05) is 0 Å². The zero-order chi connectivity index (χ0) is 15.8. The minimum Gasteiger partial charge on any atom is -1.00 e. The SMILES string of the molecule is CCC1CCc2nc3ccc(Cl)cc3c(-c3ccccc3)c2C1.[Cl-]. The first-order chi connectivity index (χ1) is 11.3. The van der Waals surface area contributed by atoms with Gasteiger partial charge in [0.1, 0.15) is 0 Å². The van der Waals surface area contributed by atoms with Crippen LogP contribution in [0.2, 0.25) is 5.02 Å². The van der Waals surface area contributed by atoms with E-state index in [1.165, 1.54) is 40.6 Å². The molecule has 1 aliphatic carbocycles. The summed E-state index contributed by atoms with van der Waals surface area (Å²) >= 11 is 6.29. The van der Waals surface area contributed by atoms with Crippen LogP contribution >= 0.6 is 11.6 Å². The molecule has 3 heteroatoms. The standard InChI is InChI=1S/C21H20ClN.ClH/c1-2-14-8-10-19-17(12-14)21(15-6-4-3-5-7-15)18-13-16(22)9-11-20(18)23-19;/h3-7,9,11,13-14H,2,8,10,12H2,1H3;1H/p-1. The first kappa shape index (κ1) is 17.3. The van der Waals surface area contributed by atoms with Crippen molar-refractivity contribution in [3.63, 3.8) is 0 Å². The zero-order valence-corrected chi connectivity index (χ0v) is 15.2. The number of aromatic nitrogens is 1. The first-order valence-electron chi connectivity index (χ1n) is 8.42. The van der Waals surface area contributed by atoms with Crippen LogP contribution in [0.1, 0.15) is 31.0 Å². The zero-order valence-electron chi connectivity index (χ0n) is 13.7. The fraction of sp³-hybridized carbons (Fsp3) is 0.286. The van der Waals surface area contributed by atoms with Crippen molar-refractivity contribution < 1.29 is 12.4 Å². The number of rotatable bonds is 2. The third kappa shape index (κ3) is 3.03. The molecule has 0 bridgehead atoms. The summed E-state index contributed by atoms with van der Waals surface area (Å²) in [6.07, 6.45) is 4.71. The molecule has 124 valence electrons. The minimum absolute atomic E-state index is 0. The monoisotopic (exact) mass is 356 g/mol. The third-order valence-electron chi connectivity index (χ3n) is 5.06. The van der Waals surface area contributed by atoms with Gasteiger partial charge in [0.25, 0.3) is 0 Å². The molecule has 1 atom stereocenters. The molecule has 1 heterocycles. The molecule has 24 heavy (non-hydrogen) atoms. The van der Waals surface area contributed by atoms with Crippen molar-refractivity contribution in [1.29, 1.82) is 0 Å². The summed E-state index contributed by atoms with van der Waals surface area (Å²) in [5.74, 6) is 0.767. The molecule has 2 aromatic carbocycles. The van der Waals surface area contributed by atoms with Crippen LogP contribution in [0.15, 0.2) is 48.5 Å². The van der Waals surface area contributed by atoms with Gasteiger partial charge in [0, 0.05) is 16.1 Å². The van der Waals surface area contributed by atoms with Crippen molar-refractivity contribution in [3.05, 3.63) is 64.8 Å². The Balaban J connectivity index is 0.00000169. The van der Waals surface area contributed by atoms with Gasteiger partial charge in [0.05, 0.1) is 5.52 Å². The Morgan fingerprint density at radius 1 is 1.12 bits per heavy atom. The Morgan fingerprint density at radius 3 is 2.67 bits per heavy atom. The number of halogens is 2. The van der Waals surface area contributed by atoms with Crippen molar-refractivity contribution in [2.45, 2.75) is 32.6 Å². The summed E-state index contributed by atoms with van der Waals surface area (Å²) in [5, 5.41) is 1.96. The summed E-state index contributed by atoms with van der Waals surface area (Å²) in [6.45, 7) is 2.29. The normalized spacial score (nSPS) is 16.5. The fourth-order valence-corrected chi connectivity index (χ4v) is 3.94. The van der Waals surface area contributed by atoms with E-state index in [2.05, 4.69) is 49.4 Å². The van der Waals surface area contributed by atoms with E-state index >= 15 is 0 Å². The predicted octanol–water partition coefficient (Wildman–Crippen LogP) is 3.07. The van der Waals surface area contributed by atoms with E-state index in [-0.39, 0.29) is 12.4 Å². The van der Waals surface area contributed by atoms with Gasteiger partial charge in [-0.05, 0) is 60.1 Å². The highest BCUT2D eigenvalue weighted by Crippen LogP contribution is 2.39. The molecule has 3 aromatic rings. The van der Waals surface area contributed by atoms with Crippen molar-refractivity contribution in [1.82, 2.24) is 4.98 Å². The van der Waals surface area contributed by atoms with Crippen molar-refractivity contribution in [2.24, 2.45) is 5.92 Å². The Kier molecular flexibility index (Phi) is 5.12. The largest absolute Gasteiger partial charge is 1.00 e. The highest BCUT2D eigenvalue weighted by atomic mass is 35.5. The summed E-state index contributed by atoms with van der Waals surface area (Å²) in [7, 11) is 0. The first-order valence-corrected chi connectivity index (χ1v) is 8.80. The summed E-state index contributed by atoms with van der Waals surface area (Å²) in [4.78, 5) is 4.95. The number of fused-ring (bicyclic) bond motifs is 2. The van der Waals surface area contributed by atoms with Gasteiger partial charge in [0.15, 0.2) is 0 Å². The van der Waals surface area contributed by atoms with Crippen LogP contribution < -0.4 is 12.4 Å². The molecule has 1 aromatic heterocycles. The molecule has 0 spiro atoms. The second-order valence-electron chi connectivity index (χ2n) is 6.46. The molecule has 0 saturated carbocycles. The van der Waals surface area contributed by atoms with E-state index in [4.69, 9.17) is 16.6 Å². The molecule has 0 saturated heterocycles. The maximum absolute atomic E-state index is 6.29. The van der Waals surface area contributed by atoms with Gasteiger partial charge in [-0.15, -0.1) is 0 Å². The van der Waals surface area contributed by atoms with E-state index in [1.807, 2.05) is 6.07 Å². The number of hydrogen-bond acceptors (Lipinski definition) is 1. The maximum atomic E-state index is 6.29. The molecule has 0 aliphatic heterocycles. The van der Waals surface area contributed by atoms with E-state index < -0.39 is 0 Å². The smallest absolute Gasteiger partial charge is 0.0712 e. The van der Waals surface area contributed by atoms with Crippen LogP contribution in [0, 0.1) is 5.92 Å². The number of pyridine rings is 1. The lowest BCUT2D eigenvalue weighted by Gasteiger charge is -2.26. The predicted molar refractivity (Wildman–Crippen MR) is 98.0 cm³/mol. The van der Waals surface area contributed by atoms with Crippen molar-refractivity contribution in [3.8, 4) is 11.1 Å². The Bertz CT molecular complexity index is 859. The molecule has 1 aliphatic rings. The average Bonchev–Trinajstić information content (AvgIpc) is 2.60. The quantitative estimate of drug-likeness (QED) is 0.687. The molecule has 4 rings (SSSR count). The summed E-state index contributed by atoms with van der Waals surface area (Å²) < 4.78 is 0. The lowest BCUT2D eigenvalue weighted by atomic mass is 9.80. The molecule has 1 unspecified atom stereocenters. The van der Waals surface area contributed by atoms with E-state index in [0.717, 1.165) is 29.3 Å². The Labute approximate surface area is 154 Å². The summed E-state index contributed by atoms with van der Waals surface area (Å²) in [5.41, 5.74) is 6.39. The Hall–Kier alpha value is -1.57. The number of nitrogens with zero attached hydrogens (tertiary/aromatic N) is 1. The van der Waals surface area contributed by atoms with Gasteiger partial charge in [-0.3, -0.25) is 4.98 Å². The van der Waals surface area contributed by atoms with Gasteiger partial charge in [-0.2, -0.15) is 0 Å². The van der Waals surface area contributed by atoms with Gasteiger partial charge < -0.3 is 12.4 Å². The van der Waals surface area contributed by atoms with Gasteiger partial charge in [0.2, 0.25) is 0 Å². The van der Waals surface area contributed by atoms with Crippen LogP contribution in [0.25, 0.3) is 22.0 Å². The Morgan fingerprint density at radius 2 is 1.92 bits per heavy atom. The average molecular weight is 357 g/mol. The van der Waals surface area contributed by atoms with Crippen LogP contribution in [0.3, 0.4) is 0 Å². The fourth-order valence-electron chi connectivity index (χ4n) is 3.77. The topological polar surface area (TPSA) is 12.9 Å². The number of benzene rings is 2. The van der Waals surface area contributed by atoms with Gasteiger partial charge >= 0.3 is 0 Å². The van der Waals surface area contributed by atoms with Crippen LogP contribution in [0.4, 0.5) is 0 Å². The molecular formula is C21H20Cl2N-. The molecule has 0 fully saturated rings. The highest BCUT2D eigenvalue weighted by molar-refractivity contribution is 6.31.